The number of imide groups is 1. The van der Waals surface area contributed by atoms with Gasteiger partial charge in [0.25, 0.3) is 0 Å². The highest BCUT2D eigenvalue weighted by Gasteiger charge is 2.26. The summed E-state index contributed by atoms with van der Waals surface area (Å²) in [6.45, 7) is 1.70. The first-order valence-electron chi connectivity index (χ1n) is 6.20. The molecule has 19 heavy (non-hydrogen) atoms. The molecule has 0 atom stereocenters. The van der Waals surface area contributed by atoms with Crippen molar-refractivity contribution in [2.45, 2.75) is 32.6 Å². The van der Waals surface area contributed by atoms with Crippen LogP contribution in [0.4, 0.5) is 5.69 Å². The van der Waals surface area contributed by atoms with Gasteiger partial charge in [0.1, 0.15) is 0 Å². The van der Waals surface area contributed by atoms with Crippen LogP contribution >= 0.6 is 0 Å². The van der Waals surface area contributed by atoms with Crippen LogP contribution in [0.25, 0.3) is 0 Å². The summed E-state index contributed by atoms with van der Waals surface area (Å²) in [6.07, 6.45) is 2.14. The van der Waals surface area contributed by atoms with Crippen LogP contribution in [0.15, 0.2) is 18.2 Å². The van der Waals surface area contributed by atoms with Gasteiger partial charge < -0.3 is 5.11 Å². The topological polar surface area (TPSA) is 74.7 Å². The lowest BCUT2D eigenvalue weighted by Crippen LogP contribution is -2.35. The molecule has 1 saturated heterocycles. The molecule has 5 nitrogen and oxygen atoms in total. The van der Waals surface area contributed by atoms with Crippen LogP contribution in [-0.2, 0) is 9.59 Å². The number of amides is 2. The van der Waals surface area contributed by atoms with Crippen LogP contribution in [0.1, 0.15) is 41.6 Å². The molecule has 1 fully saturated rings. The standard InChI is InChI=1S/C14H15NO4/c1-9-8-10(14(18)19)6-7-11(9)15-12(16)4-2-3-5-13(15)17/h6-8H,2-5H2,1H3,(H,18,19). The van der Waals surface area contributed by atoms with E-state index < -0.39 is 5.97 Å². The second-order valence-electron chi connectivity index (χ2n) is 4.64. The highest BCUT2D eigenvalue weighted by atomic mass is 16.4. The van der Waals surface area contributed by atoms with Gasteiger partial charge in [-0.25, -0.2) is 4.79 Å². The molecule has 0 aliphatic carbocycles. The fourth-order valence-electron chi connectivity index (χ4n) is 2.22. The van der Waals surface area contributed by atoms with Gasteiger partial charge >= 0.3 is 5.97 Å². The highest BCUT2D eigenvalue weighted by Crippen LogP contribution is 2.25. The molecule has 0 unspecified atom stereocenters. The summed E-state index contributed by atoms with van der Waals surface area (Å²) in [5, 5.41) is 8.91. The Hall–Kier alpha value is -2.17. The van der Waals surface area contributed by atoms with Crippen molar-refractivity contribution in [1.82, 2.24) is 0 Å². The Balaban J connectivity index is 2.42. The third-order valence-corrected chi connectivity index (χ3v) is 3.21. The van der Waals surface area contributed by atoms with Crippen molar-refractivity contribution >= 4 is 23.5 Å². The average Bonchev–Trinajstić information content (AvgIpc) is 2.51. The van der Waals surface area contributed by atoms with E-state index in [2.05, 4.69) is 0 Å². The van der Waals surface area contributed by atoms with Crippen LogP contribution in [0.2, 0.25) is 0 Å². The van der Waals surface area contributed by atoms with Gasteiger partial charge in [-0.3, -0.25) is 14.5 Å². The van der Waals surface area contributed by atoms with Crippen LogP contribution in [0, 0.1) is 6.92 Å². The van der Waals surface area contributed by atoms with E-state index in [0.29, 0.717) is 36.9 Å². The SMILES string of the molecule is Cc1cc(C(=O)O)ccc1N1C(=O)CCCCC1=O. The van der Waals surface area contributed by atoms with Crippen LogP contribution in [0.3, 0.4) is 0 Å². The third kappa shape index (κ3) is 2.65. The Morgan fingerprint density at radius 1 is 1.16 bits per heavy atom. The van der Waals surface area contributed by atoms with Crippen LogP contribution in [0.5, 0.6) is 0 Å². The fourth-order valence-corrected chi connectivity index (χ4v) is 2.22. The number of carboxylic acid groups (broad SMARTS) is 1. The number of hydrogen-bond donors (Lipinski definition) is 1. The number of carboxylic acids is 1. The van der Waals surface area contributed by atoms with Crippen molar-refractivity contribution in [3.8, 4) is 0 Å². The summed E-state index contributed by atoms with van der Waals surface area (Å²) in [7, 11) is 0. The molecule has 0 aromatic heterocycles. The lowest BCUT2D eigenvalue weighted by Gasteiger charge is -2.21. The van der Waals surface area contributed by atoms with Crippen molar-refractivity contribution in [3.05, 3.63) is 29.3 Å². The van der Waals surface area contributed by atoms with Gasteiger partial charge in [-0.2, -0.15) is 0 Å². The summed E-state index contributed by atoms with van der Waals surface area (Å²) in [4.78, 5) is 36.0. The summed E-state index contributed by atoms with van der Waals surface area (Å²) in [5.74, 6) is -1.45. The summed E-state index contributed by atoms with van der Waals surface area (Å²) in [6, 6.07) is 4.42. The summed E-state index contributed by atoms with van der Waals surface area (Å²) >= 11 is 0. The molecular formula is C14H15NO4. The minimum absolute atomic E-state index is 0.149. The molecular weight excluding hydrogens is 246 g/mol. The molecule has 0 spiro atoms. The van der Waals surface area contributed by atoms with Crippen molar-refractivity contribution in [3.63, 3.8) is 0 Å². The maximum Gasteiger partial charge on any atom is 0.335 e. The molecule has 0 bridgehead atoms. The smallest absolute Gasteiger partial charge is 0.335 e. The number of nitrogens with zero attached hydrogens (tertiary/aromatic N) is 1. The second-order valence-corrected chi connectivity index (χ2v) is 4.64. The number of benzene rings is 1. The van der Waals surface area contributed by atoms with Gasteiger partial charge in [0.15, 0.2) is 0 Å². The van der Waals surface area contributed by atoms with Crippen LogP contribution < -0.4 is 4.90 Å². The first-order chi connectivity index (χ1) is 9.00. The predicted octanol–water partition coefficient (Wildman–Crippen LogP) is 2.13. The molecule has 0 saturated carbocycles. The Morgan fingerprint density at radius 2 is 1.74 bits per heavy atom. The zero-order valence-electron chi connectivity index (χ0n) is 10.7. The number of hydrogen-bond acceptors (Lipinski definition) is 3. The molecule has 0 radical (unpaired) electrons. The fraction of sp³-hybridized carbons (Fsp3) is 0.357. The molecule has 2 amide bonds. The van der Waals surface area contributed by atoms with Gasteiger partial charge in [-0.05, 0) is 43.5 Å². The van der Waals surface area contributed by atoms with E-state index in [1.807, 2.05) is 0 Å². The Morgan fingerprint density at radius 3 is 2.21 bits per heavy atom. The molecule has 1 heterocycles. The van der Waals surface area contributed by atoms with E-state index in [4.69, 9.17) is 5.11 Å². The van der Waals surface area contributed by atoms with E-state index in [1.165, 1.54) is 23.1 Å². The maximum atomic E-state index is 12.0. The first-order valence-corrected chi connectivity index (χ1v) is 6.20. The molecule has 1 aromatic rings. The number of carbonyl (C=O) groups excluding carboxylic acids is 2. The van der Waals surface area contributed by atoms with E-state index in [0.717, 1.165) is 0 Å². The molecule has 5 heteroatoms. The van der Waals surface area contributed by atoms with Gasteiger partial charge in [0.2, 0.25) is 11.8 Å². The Kier molecular flexibility index (Phi) is 3.64. The normalized spacial score (nSPS) is 16.4. The average molecular weight is 261 g/mol. The van der Waals surface area contributed by atoms with E-state index >= 15 is 0 Å². The van der Waals surface area contributed by atoms with E-state index in [-0.39, 0.29) is 17.4 Å². The number of anilines is 1. The van der Waals surface area contributed by atoms with E-state index in [1.54, 1.807) is 6.92 Å². The highest BCUT2D eigenvalue weighted by molar-refractivity contribution is 6.15. The molecule has 1 aliphatic heterocycles. The zero-order valence-corrected chi connectivity index (χ0v) is 10.7. The molecule has 1 aliphatic rings. The second kappa shape index (κ2) is 5.22. The van der Waals surface area contributed by atoms with Crippen molar-refractivity contribution in [2.24, 2.45) is 0 Å². The maximum absolute atomic E-state index is 12.0. The number of carbonyl (C=O) groups is 3. The third-order valence-electron chi connectivity index (χ3n) is 3.21. The molecule has 100 valence electrons. The lowest BCUT2D eigenvalue weighted by atomic mass is 10.1. The first kappa shape index (κ1) is 13.3. The minimum atomic E-state index is -1.02. The van der Waals surface area contributed by atoms with Gasteiger partial charge in [-0.1, -0.05) is 0 Å². The Labute approximate surface area is 110 Å². The van der Waals surface area contributed by atoms with Gasteiger partial charge in [0, 0.05) is 12.8 Å². The zero-order chi connectivity index (χ0) is 14.0. The Bertz CT molecular complexity index is 532. The predicted molar refractivity (Wildman–Crippen MR) is 69.1 cm³/mol. The number of aryl methyl sites for hydroxylation is 1. The van der Waals surface area contributed by atoms with Gasteiger partial charge in [-0.15, -0.1) is 0 Å². The lowest BCUT2D eigenvalue weighted by molar-refractivity contribution is -0.125. The van der Waals surface area contributed by atoms with E-state index in [9.17, 15) is 14.4 Å². The molecule has 2 rings (SSSR count). The quantitative estimate of drug-likeness (QED) is 0.827. The van der Waals surface area contributed by atoms with Crippen molar-refractivity contribution < 1.29 is 19.5 Å². The molecule has 1 N–H and O–H groups in total. The number of rotatable bonds is 2. The number of aromatic carboxylic acids is 1. The largest absolute Gasteiger partial charge is 0.478 e. The monoisotopic (exact) mass is 261 g/mol. The van der Waals surface area contributed by atoms with Crippen molar-refractivity contribution in [2.75, 3.05) is 4.90 Å². The van der Waals surface area contributed by atoms with Crippen LogP contribution in [-0.4, -0.2) is 22.9 Å². The minimum Gasteiger partial charge on any atom is -0.478 e. The summed E-state index contributed by atoms with van der Waals surface area (Å²) < 4.78 is 0. The molecule has 1 aromatic carbocycles. The van der Waals surface area contributed by atoms with Crippen molar-refractivity contribution in [1.29, 1.82) is 0 Å². The summed E-state index contributed by atoms with van der Waals surface area (Å²) in [5.41, 5.74) is 1.25. The van der Waals surface area contributed by atoms with Gasteiger partial charge in [0.05, 0.1) is 11.3 Å².